The second-order valence-corrected chi connectivity index (χ2v) is 8.04. The first kappa shape index (κ1) is 21.0. The van der Waals surface area contributed by atoms with E-state index in [0.29, 0.717) is 31.5 Å². The highest BCUT2D eigenvalue weighted by molar-refractivity contribution is 5.30. The largest absolute Gasteiger partial charge is 0.491 e. The minimum Gasteiger partial charge on any atom is -0.491 e. The minimum atomic E-state index is -2.45. The topological polar surface area (TPSA) is 64.4 Å². The fraction of sp³-hybridized carbons (Fsp3) is 0.619. The molecule has 1 saturated heterocycles. The Labute approximate surface area is 175 Å². The summed E-state index contributed by atoms with van der Waals surface area (Å²) in [6.07, 6.45) is 1.37. The Morgan fingerprint density at radius 1 is 1.23 bits per heavy atom. The molecule has 2 aliphatic rings. The molecule has 3 heterocycles. The number of nitrogens with one attached hydrogen (secondary N) is 1. The summed E-state index contributed by atoms with van der Waals surface area (Å²) in [6.45, 7) is 3.84. The van der Waals surface area contributed by atoms with Crippen LogP contribution in [0.25, 0.3) is 0 Å². The van der Waals surface area contributed by atoms with Gasteiger partial charge in [0.05, 0.1) is 6.61 Å². The lowest BCUT2D eigenvalue weighted by Gasteiger charge is -2.40. The van der Waals surface area contributed by atoms with Gasteiger partial charge in [-0.15, -0.1) is 0 Å². The third-order valence-corrected chi connectivity index (χ3v) is 5.98. The number of rotatable bonds is 8. The number of alkyl halides is 2. The maximum absolute atomic E-state index is 13.6. The highest BCUT2D eigenvalue weighted by Gasteiger charge is 2.38. The molecule has 1 N–H and O–H groups in total. The van der Waals surface area contributed by atoms with Gasteiger partial charge in [-0.3, -0.25) is 4.90 Å². The van der Waals surface area contributed by atoms with Gasteiger partial charge >= 0.3 is 0 Å². The molecular weight excluding hydrogens is 392 g/mol. The summed E-state index contributed by atoms with van der Waals surface area (Å²) >= 11 is 0. The number of hydrogen-bond donors (Lipinski definition) is 1. The molecule has 1 aromatic carbocycles. The SMILES string of the molecule is COCCOc1ccc(CN2CCCC([C@@H]3C[C@H](C(F)F)n4ncnc4N3)C2)cc1. The van der Waals surface area contributed by atoms with Crippen LogP contribution in [0.4, 0.5) is 14.7 Å². The van der Waals surface area contributed by atoms with Crippen LogP contribution in [0, 0.1) is 5.92 Å². The van der Waals surface area contributed by atoms with Gasteiger partial charge in [0, 0.05) is 26.2 Å². The van der Waals surface area contributed by atoms with E-state index >= 15 is 0 Å². The predicted octanol–water partition coefficient (Wildman–Crippen LogP) is 3.21. The molecular formula is C21H29F2N5O2. The maximum atomic E-state index is 13.6. The summed E-state index contributed by atoms with van der Waals surface area (Å²) in [5, 5.41) is 7.33. The number of likely N-dealkylation sites (tertiary alicyclic amines) is 1. The molecule has 2 aliphatic heterocycles. The highest BCUT2D eigenvalue weighted by atomic mass is 19.3. The van der Waals surface area contributed by atoms with Crippen molar-refractivity contribution in [2.75, 3.05) is 38.7 Å². The molecule has 2 aromatic rings. The standard InChI is InChI=1S/C21H29F2N5O2/c1-29-9-10-30-17-6-4-15(5-7-17)12-27-8-2-3-16(13-27)18-11-19(20(22)23)28-21(26-18)24-14-25-28/h4-7,14,16,18-20H,2-3,8-13H2,1H3,(H,24,25,26)/t16?,18-,19+/m0/s1. The van der Waals surface area contributed by atoms with Gasteiger partial charge in [0.1, 0.15) is 24.7 Å². The third-order valence-electron chi connectivity index (χ3n) is 5.98. The average Bonchev–Trinajstić information content (AvgIpc) is 3.23. The van der Waals surface area contributed by atoms with E-state index in [2.05, 4.69) is 32.4 Å². The Kier molecular flexibility index (Phi) is 6.79. The number of aromatic nitrogens is 3. The van der Waals surface area contributed by atoms with Crippen molar-refractivity contribution in [2.45, 2.75) is 44.3 Å². The van der Waals surface area contributed by atoms with Crippen LogP contribution >= 0.6 is 0 Å². The summed E-state index contributed by atoms with van der Waals surface area (Å²) in [4.78, 5) is 6.54. The molecule has 0 bridgehead atoms. The third kappa shape index (κ3) is 4.89. The smallest absolute Gasteiger partial charge is 0.260 e. The Hall–Kier alpha value is -2.26. The number of hydrogen-bond acceptors (Lipinski definition) is 6. The van der Waals surface area contributed by atoms with Gasteiger partial charge in [-0.05, 0) is 49.4 Å². The molecule has 9 heteroatoms. The van der Waals surface area contributed by atoms with Gasteiger partial charge in [0.2, 0.25) is 5.95 Å². The van der Waals surface area contributed by atoms with Gasteiger partial charge in [0.15, 0.2) is 0 Å². The average molecular weight is 421 g/mol. The fourth-order valence-electron chi connectivity index (χ4n) is 4.46. The van der Waals surface area contributed by atoms with Crippen molar-refractivity contribution < 1.29 is 18.3 Å². The van der Waals surface area contributed by atoms with Crippen molar-refractivity contribution in [3.8, 4) is 5.75 Å². The molecule has 0 saturated carbocycles. The molecule has 4 rings (SSSR count). The predicted molar refractivity (Wildman–Crippen MR) is 109 cm³/mol. The van der Waals surface area contributed by atoms with E-state index in [-0.39, 0.29) is 6.04 Å². The lowest BCUT2D eigenvalue weighted by atomic mass is 9.86. The maximum Gasteiger partial charge on any atom is 0.260 e. The number of benzene rings is 1. The monoisotopic (exact) mass is 421 g/mol. The molecule has 0 radical (unpaired) electrons. The Bertz CT molecular complexity index is 801. The molecule has 0 spiro atoms. The zero-order valence-corrected chi connectivity index (χ0v) is 17.2. The quantitative estimate of drug-likeness (QED) is 0.661. The van der Waals surface area contributed by atoms with Crippen LogP contribution < -0.4 is 10.1 Å². The summed E-state index contributed by atoms with van der Waals surface area (Å²) in [5.41, 5.74) is 1.22. The number of ether oxygens (including phenoxy) is 2. The van der Waals surface area contributed by atoms with Crippen LogP contribution in [-0.4, -0.2) is 65.5 Å². The Balaban J connectivity index is 1.34. The van der Waals surface area contributed by atoms with Crippen LogP contribution in [-0.2, 0) is 11.3 Å². The first-order chi connectivity index (χ1) is 14.6. The van der Waals surface area contributed by atoms with E-state index in [4.69, 9.17) is 9.47 Å². The molecule has 3 atom stereocenters. The number of halogens is 2. The molecule has 164 valence electrons. The van der Waals surface area contributed by atoms with Crippen molar-refractivity contribution in [3.63, 3.8) is 0 Å². The van der Waals surface area contributed by atoms with Gasteiger partial charge in [-0.1, -0.05) is 12.1 Å². The number of nitrogens with zero attached hydrogens (tertiary/aromatic N) is 4. The molecule has 1 fully saturated rings. The zero-order chi connectivity index (χ0) is 20.9. The second kappa shape index (κ2) is 9.70. The van der Waals surface area contributed by atoms with Crippen LogP contribution in [0.15, 0.2) is 30.6 Å². The minimum absolute atomic E-state index is 0.0138. The van der Waals surface area contributed by atoms with Crippen molar-refractivity contribution in [1.29, 1.82) is 0 Å². The van der Waals surface area contributed by atoms with E-state index < -0.39 is 12.5 Å². The number of methoxy groups -OCH3 is 1. The van der Waals surface area contributed by atoms with Gasteiger partial charge in [-0.25, -0.2) is 13.5 Å². The lowest BCUT2D eigenvalue weighted by Crippen LogP contribution is -2.46. The molecule has 0 aliphatic carbocycles. The summed E-state index contributed by atoms with van der Waals surface area (Å²) < 4.78 is 39.1. The van der Waals surface area contributed by atoms with E-state index in [1.54, 1.807) is 7.11 Å². The van der Waals surface area contributed by atoms with Crippen molar-refractivity contribution >= 4 is 5.95 Å². The molecule has 1 aromatic heterocycles. The number of anilines is 1. The van der Waals surface area contributed by atoms with E-state index in [1.807, 2.05) is 12.1 Å². The molecule has 0 amide bonds. The van der Waals surface area contributed by atoms with Crippen LogP contribution in [0.3, 0.4) is 0 Å². The summed E-state index contributed by atoms with van der Waals surface area (Å²) in [7, 11) is 1.65. The Morgan fingerprint density at radius 2 is 2.07 bits per heavy atom. The van der Waals surface area contributed by atoms with Crippen molar-refractivity contribution in [1.82, 2.24) is 19.7 Å². The first-order valence-electron chi connectivity index (χ1n) is 10.5. The Morgan fingerprint density at radius 3 is 2.83 bits per heavy atom. The first-order valence-corrected chi connectivity index (χ1v) is 10.5. The van der Waals surface area contributed by atoms with Gasteiger partial charge < -0.3 is 14.8 Å². The second-order valence-electron chi connectivity index (χ2n) is 8.04. The summed E-state index contributed by atoms with van der Waals surface area (Å²) in [6, 6.07) is 7.21. The van der Waals surface area contributed by atoms with E-state index in [1.165, 1.54) is 16.6 Å². The van der Waals surface area contributed by atoms with Crippen LogP contribution in [0.2, 0.25) is 0 Å². The molecule has 1 unspecified atom stereocenters. The molecule has 30 heavy (non-hydrogen) atoms. The number of fused-ring (bicyclic) bond motifs is 1. The molecule has 7 nitrogen and oxygen atoms in total. The van der Waals surface area contributed by atoms with Crippen LogP contribution in [0.5, 0.6) is 5.75 Å². The normalized spacial score (nSPS) is 24.5. The van der Waals surface area contributed by atoms with Gasteiger partial charge in [-0.2, -0.15) is 10.1 Å². The number of piperidine rings is 1. The van der Waals surface area contributed by atoms with Crippen molar-refractivity contribution in [2.24, 2.45) is 5.92 Å². The highest BCUT2D eigenvalue weighted by Crippen LogP contribution is 2.35. The van der Waals surface area contributed by atoms with E-state index in [9.17, 15) is 8.78 Å². The van der Waals surface area contributed by atoms with Gasteiger partial charge in [0.25, 0.3) is 6.43 Å². The summed E-state index contributed by atoms with van der Waals surface area (Å²) in [5.74, 6) is 1.60. The van der Waals surface area contributed by atoms with Crippen molar-refractivity contribution in [3.05, 3.63) is 36.2 Å². The lowest BCUT2D eigenvalue weighted by molar-refractivity contribution is 0.0550. The zero-order valence-electron chi connectivity index (χ0n) is 17.2. The van der Waals surface area contributed by atoms with E-state index in [0.717, 1.165) is 38.2 Å². The van der Waals surface area contributed by atoms with Crippen LogP contribution in [0.1, 0.15) is 30.9 Å². The fourth-order valence-corrected chi connectivity index (χ4v) is 4.46.